The number of rotatable bonds is 9. The van der Waals surface area contributed by atoms with Crippen molar-refractivity contribution in [1.29, 1.82) is 0 Å². The van der Waals surface area contributed by atoms with Crippen LogP contribution in [0.25, 0.3) is 32.7 Å². The van der Waals surface area contributed by atoms with E-state index in [2.05, 4.69) is 48.7 Å². The number of ether oxygens (including phenoxy) is 1. The normalized spacial score (nSPS) is 14.3. The van der Waals surface area contributed by atoms with Crippen LogP contribution in [0.3, 0.4) is 0 Å². The van der Waals surface area contributed by atoms with E-state index < -0.39 is 0 Å². The maximum Gasteiger partial charge on any atom is 0.217 e. The molecule has 1 aliphatic heterocycles. The van der Waals surface area contributed by atoms with Gasteiger partial charge in [0.15, 0.2) is 5.65 Å². The first kappa shape index (κ1) is 27.9. The van der Waals surface area contributed by atoms with Crippen LogP contribution in [0.2, 0.25) is 0 Å². The molecule has 1 saturated heterocycles. The second-order valence-corrected chi connectivity index (χ2v) is 11.6. The van der Waals surface area contributed by atoms with E-state index in [4.69, 9.17) is 4.74 Å². The van der Waals surface area contributed by atoms with Crippen molar-refractivity contribution in [3.05, 3.63) is 77.1 Å². The number of fused-ring (bicyclic) bond motifs is 1. The highest BCUT2D eigenvalue weighted by Crippen LogP contribution is 2.36. The van der Waals surface area contributed by atoms with Gasteiger partial charge in [-0.25, -0.2) is 4.98 Å². The largest absolute Gasteiger partial charge is 0.507 e. The van der Waals surface area contributed by atoms with Crippen LogP contribution >= 0.6 is 11.3 Å². The van der Waals surface area contributed by atoms with Gasteiger partial charge >= 0.3 is 0 Å². The number of aromatic nitrogens is 4. The first-order chi connectivity index (χ1) is 20.5. The number of piperidine rings is 1. The van der Waals surface area contributed by atoms with Crippen LogP contribution in [0.15, 0.2) is 60.2 Å². The molecule has 0 bridgehead atoms. The molecule has 216 valence electrons. The summed E-state index contributed by atoms with van der Waals surface area (Å²) in [5.74, 6) is 1.35. The molecule has 1 aliphatic rings. The second-order valence-electron chi connectivity index (χ2n) is 10.7. The number of aromatic hydroxyl groups is 1. The average Bonchev–Trinajstić information content (AvgIpc) is 3.63. The highest BCUT2D eigenvalue weighted by molar-refractivity contribution is 7.13. The van der Waals surface area contributed by atoms with Crippen molar-refractivity contribution in [1.82, 2.24) is 30.4 Å². The Balaban J connectivity index is 1.09. The van der Waals surface area contributed by atoms with Crippen LogP contribution in [-0.2, 0) is 11.3 Å². The van der Waals surface area contributed by atoms with Crippen LogP contribution in [0, 0.1) is 6.92 Å². The van der Waals surface area contributed by atoms with E-state index in [-0.39, 0.29) is 11.7 Å². The number of hydrogen-bond acceptors (Lipinski definition) is 8. The lowest BCUT2D eigenvalue weighted by Gasteiger charge is -2.31. The predicted octanol–water partition coefficient (Wildman–Crippen LogP) is 5.66. The third-order valence-electron chi connectivity index (χ3n) is 7.94. The summed E-state index contributed by atoms with van der Waals surface area (Å²) in [6.45, 7) is 7.31. The number of nitrogens with one attached hydrogen (secondary N) is 2. The SMILES string of the molecule is CC(=O)NCc1ccc(-c2scnc2C)cc1OCCN1CCC(c2c[nH]c3nnc(-c4ccccc4O)cc23)CC1. The number of nitrogens with zero attached hydrogens (tertiary/aromatic N) is 4. The summed E-state index contributed by atoms with van der Waals surface area (Å²) in [5, 5.41) is 23.0. The van der Waals surface area contributed by atoms with Crippen LogP contribution in [-0.4, -0.2) is 62.3 Å². The number of amides is 1. The molecular formula is C32H34N6O3S. The minimum atomic E-state index is -0.0668. The number of benzene rings is 2. The molecule has 0 aliphatic carbocycles. The minimum Gasteiger partial charge on any atom is -0.507 e. The number of hydrogen-bond donors (Lipinski definition) is 3. The number of phenolic OH excluding ortho intramolecular Hbond substituents is 1. The third kappa shape index (κ3) is 6.00. The average molecular weight is 583 g/mol. The Morgan fingerprint density at radius 1 is 1.17 bits per heavy atom. The number of para-hydroxylation sites is 1. The zero-order valence-corrected chi connectivity index (χ0v) is 24.6. The van der Waals surface area contributed by atoms with Gasteiger partial charge < -0.3 is 20.1 Å². The van der Waals surface area contributed by atoms with E-state index in [1.165, 1.54) is 12.5 Å². The number of aryl methyl sites for hydroxylation is 1. The highest BCUT2D eigenvalue weighted by Gasteiger charge is 2.24. The van der Waals surface area contributed by atoms with Crippen molar-refractivity contribution in [2.24, 2.45) is 0 Å². The number of likely N-dealkylation sites (tertiary alicyclic amines) is 1. The molecule has 0 radical (unpaired) electrons. The molecule has 0 unspecified atom stereocenters. The predicted molar refractivity (Wildman–Crippen MR) is 165 cm³/mol. The van der Waals surface area contributed by atoms with Gasteiger partial charge in [0.25, 0.3) is 0 Å². The molecule has 9 nitrogen and oxygen atoms in total. The summed E-state index contributed by atoms with van der Waals surface area (Å²) in [4.78, 5) is 22.8. The second kappa shape index (κ2) is 12.3. The van der Waals surface area contributed by atoms with Gasteiger partial charge in [0, 0.05) is 42.7 Å². The van der Waals surface area contributed by atoms with E-state index in [1.807, 2.05) is 36.7 Å². The van der Waals surface area contributed by atoms with E-state index in [0.717, 1.165) is 71.0 Å². The van der Waals surface area contributed by atoms with Gasteiger partial charge in [-0.1, -0.05) is 24.3 Å². The molecule has 42 heavy (non-hydrogen) atoms. The van der Waals surface area contributed by atoms with Crippen LogP contribution in [0.4, 0.5) is 0 Å². The fraction of sp³-hybridized carbons (Fsp3) is 0.312. The monoisotopic (exact) mass is 582 g/mol. The lowest BCUT2D eigenvalue weighted by atomic mass is 9.89. The minimum absolute atomic E-state index is 0.0668. The van der Waals surface area contributed by atoms with Gasteiger partial charge in [-0.2, -0.15) is 0 Å². The van der Waals surface area contributed by atoms with Crippen LogP contribution < -0.4 is 10.1 Å². The summed E-state index contributed by atoms with van der Waals surface area (Å²) < 4.78 is 6.32. The quantitative estimate of drug-likeness (QED) is 0.205. The van der Waals surface area contributed by atoms with Crippen molar-refractivity contribution in [2.75, 3.05) is 26.2 Å². The number of phenols is 1. The number of aromatic amines is 1. The molecule has 6 rings (SSSR count). The molecule has 4 heterocycles. The van der Waals surface area contributed by atoms with Crippen LogP contribution in [0.1, 0.15) is 42.5 Å². The molecule has 3 N–H and O–H groups in total. The first-order valence-electron chi connectivity index (χ1n) is 14.2. The Morgan fingerprint density at radius 2 is 2.00 bits per heavy atom. The zero-order chi connectivity index (χ0) is 29.1. The molecule has 2 aromatic carbocycles. The highest BCUT2D eigenvalue weighted by atomic mass is 32.1. The Labute approximate surface area is 248 Å². The van der Waals surface area contributed by atoms with Crippen molar-refractivity contribution >= 4 is 28.3 Å². The number of carbonyl (C=O) groups excluding carboxylic acids is 1. The number of thiazole rings is 1. The van der Waals surface area contributed by atoms with E-state index in [9.17, 15) is 9.90 Å². The lowest BCUT2D eigenvalue weighted by Crippen LogP contribution is -2.35. The molecule has 10 heteroatoms. The molecule has 3 aromatic heterocycles. The van der Waals surface area contributed by atoms with E-state index in [0.29, 0.717) is 30.3 Å². The Hall–Kier alpha value is -4.28. The fourth-order valence-electron chi connectivity index (χ4n) is 5.63. The standard InChI is InChI=1S/C32H34N6O3S/c1-20-31(42-19-35-20)23-7-8-24(17-33-21(2)39)30(15-23)41-14-13-38-11-9-22(10-12-38)27-18-34-32-26(27)16-28(36-37-32)25-5-3-4-6-29(25)40/h3-8,15-16,18-19,22,40H,9-14,17H2,1-2H3,(H,33,39)(H,34,37). The third-order valence-corrected chi connectivity index (χ3v) is 8.92. The van der Waals surface area contributed by atoms with Crippen molar-refractivity contribution < 1.29 is 14.6 Å². The summed E-state index contributed by atoms with van der Waals surface area (Å²) >= 11 is 1.62. The lowest BCUT2D eigenvalue weighted by molar-refractivity contribution is -0.119. The first-order valence-corrected chi connectivity index (χ1v) is 15.1. The van der Waals surface area contributed by atoms with E-state index in [1.54, 1.807) is 23.5 Å². The number of H-pyrrole nitrogens is 1. The fourth-order valence-corrected chi connectivity index (χ4v) is 6.43. The van der Waals surface area contributed by atoms with Crippen LogP contribution in [0.5, 0.6) is 11.5 Å². The van der Waals surface area contributed by atoms with E-state index >= 15 is 0 Å². The molecule has 0 spiro atoms. The Bertz CT molecular complexity index is 1710. The van der Waals surface area contributed by atoms with Crippen molar-refractivity contribution in [2.45, 2.75) is 39.2 Å². The van der Waals surface area contributed by atoms with Gasteiger partial charge in [-0.05, 0) is 74.2 Å². The van der Waals surface area contributed by atoms with Gasteiger partial charge in [0.2, 0.25) is 5.91 Å². The summed E-state index contributed by atoms with van der Waals surface area (Å²) in [6, 6.07) is 15.4. The van der Waals surface area contributed by atoms with Gasteiger partial charge in [0.1, 0.15) is 18.1 Å². The maximum absolute atomic E-state index is 11.5. The summed E-state index contributed by atoms with van der Waals surface area (Å²) in [5.41, 5.74) is 8.27. The van der Waals surface area contributed by atoms with Crippen molar-refractivity contribution in [3.8, 4) is 33.2 Å². The molecule has 0 atom stereocenters. The maximum atomic E-state index is 11.5. The molecule has 1 fully saturated rings. The molecular weight excluding hydrogens is 548 g/mol. The summed E-state index contributed by atoms with van der Waals surface area (Å²) in [7, 11) is 0. The molecule has 1 amide bonds. The molecule has 5 aromatic rings. The van der Waals surface area contributed by atoms with Gasteiger partial charge in [-0.15, -0.1) is 21.5 Å². The van der Waals surface area contributed by atoms with Crippen molar-refractivity contribution in [3.63, 3.8) is 0 Å². The van der Waals surface area contributed by atoms with Gasteiger partial charge in [-0.3, -0.25) is 9.69 Å². The van der Waals surface area contributed by atoms with Gasteiger partial charge in [0.05, 0.1) is 21.8 Å². The summed E-state index contributed by atoms with van der Waals surface area (Å²) in [6.07, 6.45) is 4.13. The number of carbonyl (C=O) groups is 1. The zero-order valence-electron chi connectivity index (χ0n) is 23.8. The smallest absolute Gasteiger partial charge is 0.217 e. The Morgan fingerprint density at radius 3 is 2.76 bits per heavy atom. The molecule has 0 saturated carbocycles. The Kier molecular flexibility index (Phi) is 8.16. The topological polar surface area (TPSA) is 116 Å².